The largest absolute Gasteiger partial charge is 0.462 e. The van der Waals surface area contributed by atoms with E-state index in [9.17, 15) is 14.4 Å². The summed E-state index contributed by atoms with van der Waals surface area (Å²) in [4.78, 5) is 34.8. The molecule has 0 aliphatic carbocycles. The molecule has 1 aliphatic heterocycles. The van der Waals surface area contributed by atoms with Gasteiger partial charge in [0, 0.05) is 0 Å². The number of hydrogen-bond acceptors (Lipinski definition) is 5. The summed E-state index contributed by atoms with van der Waals surface area (Å²) >= 11 is 0. The van der Waals surface area contributed by atoms with Crippen molar-refractivity contribution in [3.05, 3.63) is 34.9 Å². The number of hydrogen-bond donors (Lipinski definition) is 0. The first-order valence-corrected chi connectivity index (χ1v) is 8.06. The van der Waals surface area contributed by atoms with Gasteiger partial charge in [-0.15, -0.1) is 0 Å². The molecule has 2 rings (SSSR count). The Labute approximate surface area is 136 Å². The predicted octanol–water partition coefficient (Wildman–Crippen LogP) is 3.76. The molecule has 1 aliphatic rings. The Morgan fingerprint density at radius 1 is 1.04 bits per heavy atom. The first-order chi connectivity index (χ1) is 11.0. The van der Waals surface area contributed by atoms with Gasteiger partial charge in [-0.25, -0.2) is 14.4 Å². The maximum Gasteiger partial charge on any atom is 0.346 e. The lowest BCUT2D eigenvalue weighted by Crippen LogP contribution is -2.08. The highest BCUT2D eigenvalue weighted by Crippen LogP contribution is 2.21. The summed E-state index contributed by atoms with van der Waals surface area (Å²) in [5.74, 6) is -1.15. The standard InChI is InChI=1S/C18H22O5/c1-12(2)7-5-3-4-6-10-22-16(19)13-8-9-14-15(11-13)18(21)23-17(14)20/h8-9,11-12H,3-7,10H2,1-2H3. The highest BCUT2D eigenvalue weighted by molar-refractivity contribution is 6.15. The third-order valence-corrected chi connectivity index (χ3v) is 3.79. The fourth-order valence-electron chi connectivity index (χ4n) is 2.47. The van der Waals surface area contributed by atoms with Crippen molar-refractivity contribution in [2.45, 2.75) is 46.0 Å². The summed E-state index contributed by atoms with van der Waals surface area (Å²) in [7, 11) is 0. The van der Waals surface area contributed by atoms with Crippen molar-refractivity contribution >= 4 is 17.9 Å². The number of benzene rings is 1. The van der Waals surface area contributed by atoms with Crippen LogP contribution in [-0.4, -0.2) is 24.5 Å². The van der Waals surface area contributed by atoms with Crippen LogP contribution < -0.4 is 0 Å². The molecule has 5 heteroatoms. The number of carbonyl (C=O) groups excluding carboxylic acids is 3. The van der Waals surface area contributed by atoms with Gasteiger partial charge in [0.15, 0.2) is 0 Å². The highest BCUT2D eigenvalue weighted by atomic mass is 16.6. The van der Waals surface area contributed by atoms with Crippen molar-refractivity contribution in [2.24, 2.45) is 5.92 Å². The lowest BCUT2D eigenvalue weighted by Gasteiger charge is -2.06. The molecular formula is C18H22O5. The average molecular weight is 318 g/mol. The van der Waals surface area contributed by atoms with E-state index in [1.807, 2.05) is 0 Å². The van der Waals surface area contributed by atoms with Crippen LogP contribution in [0.1, 0.15) is 77.0 Å². The van der Waals surface area contributed by atoms with Crippen molar-refractivity contribution in [3.63, 3.8) is 0 Å². The summed E-state index contributed by atoms with van der Waals surface area (Å²) in [6.45, 7) is 4.78. The number of carbonyl (C=O) groups is 3. The van der Waals surface area contributed by atoms with Crippen LogP contribution in [0.15, 0.2) is 18.2 Å². The fraction of sp³-hybridized carbons (Fsp3) is 0.500. The minimum Gasteiger partial charge on any atom is -0.462 e. The third-order valence-electron chi connectivity index (χ3n) is 3.79. The molecule has 0 fully saturated rings. The molecule has 1 aromatic carbocycles. The van der Waals surface area contributed by atoms with Crippen LogP contribution in [0.25, 0.3) is 0 Å². The van der Waals surface area contributed by atoms with Gasteiger partial charge in [0.1, 0.15) is 0 Å². The second-order valence-corrected chi connectivity index (χ2v) is 6.17. The number of esters is 3. The quantitative estimate of drug-likeness (QED) is 0.414. The van der Waals surface area contributed by atoms with E-state index in [-0.39, 0.29) is 16.7 Å². The van der Waals surface area contributed by atoms with E-state index >= 15 is 0 Å². The van der Waals surface area contributed by atoms with Crippen molar-refractivity contribution < 1.29 is 23.9 Å². The summed E-state index contributed by atoms with van der Waals surface area (Å²) < 4.78 is 9.69. The van der Waals surface area contributed by atoms with Crippen molar-refractivity contribution in [3.8, 4) is 0 Å². The number of rotatable bonds is 8. The van der Waals surface area contributed by atoms with E-state index < -0.39 is 17.9 Å². The first-order valence-electron chi connectivity index (χ1n) is 8.06. The van der Waals surface area contributed by atoms with Gasteiger partial charge < -0.3 is 9.47 Å². The van der Waals surface area contributed by atoms with Gasteiger partial charge in [0.05, 0.1) is 23.3 Å². The zero-order valence-corrected chi connectivity index (χ0v) is 13.6. The number of fused-ring (bicyclic) bond motifs is 1. The van der Waals surface area contributed by atoms with Gasteiger partial charge >= 0.3 is 17.9 Å². The second-order valence-electron chi connectivity index (χ2n) is 6.17. The predicted molar refractivity (Wildman–Crippen MR) is 84.4 cm³/mol. The third kappa shape index (κ3) is 4.65. The SMILES string of the molecule is CC(C)CCCCCCOC(=O)c1ccc2c(c1)C(=O)OC2=O. The molecule has 0 saturated carbocycles. The minimum atomic E-state index is -0.718. The molecule has 0 bridgehead atoms. The Hall–Kier alpha value is -2.17. The normalized spacial score (nSPS) is 13.2. The van der Waals surface area contributed by atoms with Crippen molar-refractivity contribution in [1.82, 2.24) is 0 Å². The topological polar surface area (TPSA) is 69.7 Å². The Morgan fingerprint density at radius 3 is 2.48 bits per heavy atom. The zero-order valence-electron chi connectivity index (χ0n) is 13.6. The molecule has 1 heterocycles. The molecule has 1 aromatic rings. The van der Waals surface area contributed by atoms with Crippen LogP contribution in [-0.2, 0) is 9.47 Å². The number of cyclic esters (lactones) is 2. The summed E-state index contributed by atoms with van der Waals surface area (Å²) in [5.41, 5.74) is 0.574. The van der Waals surface area contributed by atoms with E-state index in [1.54, 1.807) is 0 Å². The highest BCUT2D eigenvalue weighted by Gasteiger charge is 2.30. The molecule has 124 valence electrons. The van der Waals surface area contributed by atoms with Crippen molar-refractivity contribution in [2.75, 3.05) is 6.61 Å². The molecule has 0 aromatic heterocycles. The van der Waals surface area contributed by atoms with E-state index in [0.717, 1.165) is 25.2 Å². The van der Waals surface area contributed by atoms with Gasteiger partial charge in [-0.1, -0.05) is 39.5 Å². The maximum absolute atomic E-state index is 12.0. The van der Waals surface area contributed by atoms with E-state index in [0.29, 0.717) is 6.61 Å². The Bertz CT molecular complexity index is 603. The summed E-state index contributed by atoms with van der Waals surface area (Å²) in [6.07, 6.45) is 5.43. The molecule has 0 radical (unpaired) electrons. The van der Waals surface area contributed by atoms with E-state index in [1.165, 1.54) is 31.0 Å². The summed E-state index contributed by atoms with van der Waals surface area (Å²) in [5, 5.41) is 0. The molecule has 0 atom stereocenters. The van der Waals surface area contributed by atoms with Crippen LogP contribution in [0.5, 0.6) is 0 Å². The van der Waals surface area contributed by atoms with Crippen LogP contribution in [0.2, 0.25) is 0 Å². The lowest BCUT2D eigenvalue weighted by atomic mass is 10.0. The van der Waals surface area contributed by atoms with Crippen LogP contribution >= 0.6 is 0 Å². The lowest BCUT2D eigenvalue weighted by molar-refractivity contribution is 0.0442. The maximum atomic E-state index is 12.0. The molecule has 5 nitrogen and oxygen atoms in total. The molecular weight excluding hydrogens is 296 g/mol. The molecule has 0 amide bonds. The van der Waals surface area contributed by atoms with Gasteiger partial charge in [0.2, 0.25) is 0 Å². The monoisotopic (exact) mass is 318 g/mol. The summed E-state index contributed by atoms with van der Waals surface area (Å²) in [6, 6.07) is 4.25. The molecule has 23 heavy (non-hydrogen) atoms. The Kier molecular flexibility index (Phi) is 5.90. The fourth-order valence-corrected chi connectivity index (χ4v) is 2.47. The molecule has 0 N–H and O–H groups in total. The second kappa shape index (κ2) is 7.90. The van der Waals surface area contributed by atoms with Gasteiger partial charge in [0.25, 0.3) is 0 Å². The minimum absolute atomic E-state index is 0.123. The van der Waals surface area contributed by atoms with Crippen LogP contribution in [0, 0.1) is 5.92 Å². The van der Waals surface area contributed by atoms with Crippen LogP contribution in [0.4, 0.5) is 0 Å². The molecule has 0 spiro atoms. The zero-order chi connectivity index (χ0) is 16.8. The number of unbranched alkanes of at least 4 members (excludes halogenated alkanes) is 3. The van der Waals surface area contributed by atoms with E-state index in [2.05, 4.69) is 18.6 Å². The Morgan fingerprint density at radius 2 is 1.74 bits per heavy atom. The average Bonchev–Trinajstić information content (AvgIpc) is 2.80. The molecule has 0 unspecified atom stereocenters. The Balaban J connectivity index is 1.76. The van der Waals surface area contributed by atoms with E-state index in [4.69, 9.17) is 4.74 Å². The number of ether oxygens (including phenoxy) is 2. The van der Waals surface area contributed by atoms with Gasteiger partial charge in [-0.2, -0.15) is 0 Å². The van der Waals surface area contributed by atoms with Crippen molar-refractivity contribution in [1.29, 1.82) is 0 Å². The van der Waals surface area contributed by atoms with Gasteiger partial charge in [-0.05, 0) is 30.5 Å². The smallest absolute Gasteiger partial charge is 0.346 e. The van der Waals surface area contributed by atoms with Gasteiger partial charge in [-0.3, -0.25) is 0 Å². The molecule has 0 saturated heterocycles. The van der Waals surface area contributed by atoms with Crippen LogP contribution in [0.3, 0.4) is 0 Å². The first kappa shape index (κ1) is 17.2.